The molecule has 0 unspecified atom stereocenters. The zero-order chi connectivity index (χ0) is 26.0. The molecular weight excluding hydrogens is 539 g/mol. The summed E-state index contributed by atoms with van der Waals surface area (Å²) in [7, 11) is -0.755. The molecule has 190 valence electrons. The van der Waals surface area contributed by atoms with Gasteiger partial charge >= 0.3 is 17.1 Å². The van der Waals surface area contributed by atoms with Gasteiger partial charge in [0.25, 0.3) is 5.91 Å². The molecule has 2 saturated carbocycles. The van der Waals surface area contributed by atoms with Gasteiger partial charge in [0.05, 0.1) is 0 Å². The molecule has 1 amide bonds. The second-order valence-electron chi connectivity index (χ2n) is 8.51. The van der Waals surface area contributed by atoms with Gasteiger partial charge in [0.2, 0.25) is 0 Å². The van der Waals surface area contributed by atoms with Crippen molar-refractivity contribution in [3.63, 3.8) is 0 Å². The number of pyridine rings is 1. The molecule has 0 spiro atoms. The molecule has 2 aliphatic carbocycles. The van der Waals surface area contributed by atoms with Crippen molar-refractivity contribution >= 4 is 30.1 Å². The maximum Gasteiger partial charge on any atom is 2.00 e. The van der Waals surface area contributed by atoms with Crippen LogP contribution in [0.1, 0.15) is 16.1 Å². The molecule has 39 heavy (non-hydrogen) atoms. The summed E-state index contributed by atoms with van der Waals surface area (Å²) in [5.74, 6) is 0.912. The van der Waals surface area contributed by atoms with Crippen LogP contribution < -0.4 is 15.9 Å². The Balaban J connectivity index is 0.000000530. The van der Waals surface area contributed by atoms with E-state index in [0.29, 0.717) is 5.69 Å². The molecular formula is C34H27FeN2OP+2. The fraction of sp³-hybridized carbons (Fsp3) is 0. The van der Waals surface area contributed by atoms with Gasteiger partial charge in [0, 0.05) is 23.5 Å². The van der Waals surface area contributed by atoms with Crippen LogP contribution in [0.3, 0.4) is 0 Å². The van der Waals surface area contributed by atoms with Gasteiger partial charge in [-0.05, 0) is 93.7 Å². The Hall–Kier alpha value is -2.77. The first-order valence-corrected chi connectivity index (χ1v) is 13.8. The van der Waals surface area contributed by atoms with Crippen molar-refractivity contribution in [2.75, 3.05) is 5.32 Å². The zero-order valence-corrected chi connectivity index (χ0v) is 23.2. The molecule has 2 aliphatic rings. The van der Waals surface area contributed by atoms with E-state index in [4.69, 9.17) is 0 Å². The van der Waals surface area contributed by atoms with Gasteiger partial charge in [-0.2, -0.15) is 0 Å². The van der Waals surface area contributed by atoms with Gasteiger partial charge in [-0.1, -0.05) is 84.9 Å². The number of carbonyl (C=O) groups is 1. The van der Waals surface area contributed by atoms with Gasteiger partial charge in [0.1, 0.15) is 5.69 Å². The van der Waals surface area contributed by atoms with Gasteiger partial charge in [-0.25, -0.2) is 0 Å². The number of anilines is 1. The Labute approximate surface area is 245 Å². The zero-order valence-electron chi connectivity index (χ0n) is 21.2. The van der Waals surface area contributed by atoms with Crippen LogP contribution >= 0.6 is 7.92 Å². The van der Waals surface area contributed by atoms with Crippen LogP contribution in [-0.2, 0) is 17.1 Å². The summed E-state index contributed by atoms with van der Waals surface area (Å²) in [4.78, 5) is 17.0. The Kier molecular flexibility index (Phi) is 11.3. The smallest absolute Gasteiger partial charge is 0.320 e. The number of aromatic nitrogens is 1. The summed E-state index contributed by atoms with van der Waals surface area (Å²) in [5, 5.41) is 5.65. The van der Waals surface area contributed by atoms with E-state index in [-0.39, 0.29) is 23.0 Å². The number of hydrogen-bond donors (Lipinski definition) is 1. The largest absolute Gasteiger partial charge is 2.00 e. The molecule has 3 aromatic carbocycles. The number of nitrogens with zero attached hydrogens (tertiary/aromatic N) is 1. The number of benzene rings is 3. The van der Waals surface area contributed by atoms with Crippen molar-refractivity contribution in [2.24, 2.45) is 0 Å². The monoisotopic (exact) mass is 566 g/mol. The van der Waals surface area contributed by atoms with E-state index in [2.05, 4.69) is 96.3 Å². The van der Waals surface area contributed by atoms with Crippen LogP contribution in [0, 0.1) is 62.9 Å². The van der Waals surface area contributed by atoms with Gasteiger partial charge in [-0.3, -0.25) is 9.78 Å². The van der Waals surface area contributed by atoms with Crippen LogP contribution in [0.2, 0.25) is 0 Å². The van der Waals surface area contributed by atoms with Crippen molar-refractivity contribution in [1.82, 2.24) is 4.98 Å². The maximum atomic E-state index is 12.8. The number of nitrogens with one attached hydrogen (secondary N) is 1. The van der Waals surface area contributed by atoms with E-state index >= 15 is 0 Å². The van der Waals surface area contributed by atoms with E-state index < -0.39 is 7.92 Å². The summed E-state index contributed by atoms with van der Waals surface area (Å²) in [6.07, 6.45) is 18.1. The summed E-state index contributed by atoms with van der Waals surface area (Å²) < 4.78 is 0. The second-order valence-corrected chi connectivity index (χ2v) is 10.7. The molecule has 0 atom stereocenters. The van der Waals surface area contributed by atoms with Crippen LogP contribution in [0.15, 0.2) is 109 Å². The van der Waals surface area contributed by atoms with Crippen molar-refractivity contribution in [1.29, 1.82) is 0 Å². The number of amides is 1. The first kappa shape index (κ1) is 29.2. The minimum Gasteiger partial charge on any atom is -0.320 e. The molecule has 0 aliphatic heterocycles. The number of rotatable bonds is 6. The average molecular weight is 566 g/mol. The van der Waals surface area contributed by atoms with E-state index in [0.717, 1.165) is 17.2 Å². The first-order valence-electron chi connectivity index (χ1n) is 12.5. The van der Waals surface area contributed by atoms with Crippen LogP contribution in [0.25, 0.3) is 0 Å². The summed E-state index contributed by atoms with van der Waals surface area (Å²) in [6.45, 7) is 0. The quantitative estimate of drug-likeness (QED) is 0.212. The summed E-state index contributed by atoms with van der Waals surface area (Å²) in [6, 6.07) is 34.6. The third kappa shape index (κ3) is 7.67. The molecule has 6 rings (SSSR count). The number of hydrogen-bond acceptors (Lipinski definition) is 2. The Morgan fingerprint density at radius 3 is 1.77 bits per heavy atom. The maximum absolute atomic E-state index is 12.8. The predicted octanol–water partition coefficient (Wildman–Crippen LogP) is 6.57. The number of para-hydroxylation sites is 1. The van der Waals surface area contributed by atoms with Crippen molar-refractivity contribution in [3.8, 4) is 0 Å². The third-order valence-corrected chi connectivity index (χ3v) is 8.48. The van der Waals surface area contributed by atoms with Crippen LogP contribution in [0.4, 0.5) is 5.69 Å². The molecule has 2 fully saturated rings. The SMILES string of the molecule is O=C(Nc1ccccc1[C]1[CH][CH][CH][C]1P(c1ccccc1)c1ccccc1)c1ccccn1.[CH]1[CH][CH][CH][CH]1.[Fe+2]. The van der Waals surface area contributed by atoms with E-state index in [1.54, 1.807) is 18.3 Å². The average Bonchev–Trinajstić information content (AvgIpc) is 3.72. The second kappa shape index (κ2) is 15.1. The molecule has 10 radical (unpaired) electrons. The summed E-state index contributed by atoms with van der Waals surface area (Å²) in [5.41, 5.74) is 3.44. The Bertz CT molecular complexity index is 1240. The number of carbonyl (C=O) groups excluding carboxylic acids is 1. The molecule has 3 nitrogen and oxygen atoms in total. The molecule has 4 aromatic rings. The minimum absolute atomic E-state index is 0. The van der Waals surface area contributed by atoms with Gasteiger partial charge in [-0.15, -0.1) is 0 Å². The van der Waals surface area contributed by atoms with Crippen LogP contribution in [-0.4, -0.2) is 10.9 Å². The molecule has 5 heteroatoms. The fourth-order valence-electron chi connectivity index (χ4n) is 4.25. The standard InChI is InChI=1S/C29H22N2OP.C5H5.Fe/c32-29(27-19-9-10-21-30-27)31-26-18-8-7-16-24(26)25-17-11-20-28(25)33(22-12-3-1-4-13-22)23-14-5-2-6-15-23;1-2-4-5-3-1;/h1-21H,(H,31,32);1-5H;/q;;+2. The minimum atomic E-state index is -0.755. The summed E-state index contributed by atoms with van der Waals surface area (Å²) >= 11 is 0. The Morgan fingerprint density at radius 1 is 0.615 bits per heavy atom. The van der Waals surface area contributed by atoms with E-state index in [1.807, 2.05) is 56.4 Å². The molecule has 1 aromatic heterocycles. The van der Waals surface area contributed by atoms with Crippen molar-refractivity contribution in [2.45, 2.75) is 0 Å². The Morgan fingerprint density at radius 2 is 1.18 bits per heavy atom. The van der Waals surface area contributed by atoms with E-state index in [1.165, 1.54) is 16.3 Å². The first-order chi connectivity index (χ1) is 18.8. The molecule has 1 N–H and O–H groups in total. The van der Waals surface area contributed by atoms with Crippen molar-refractivity contribution < 1.29 is 21.9 Å². The molecule has 0 saturated heterocycles. The van der Waals surface area contributed by atoms with E-state index in [9.17, 15) is 4.79 Å². The predicted molar refractivity (Wildman–Crippen MR) is 158 cm³/mol. The van der Waals surface area contributed by atoms with Gasteiger partial charge in [0.15, 0.2) is 0 Å². The topological polar surface area (TPSA) is 42.0 Å². The fourth-order valence-corrected chi connectivity index (χ4v) is 6.71. The molecule has 1 heterocycles. The van der Waals surface area contributed by atoms with Crippen molar-refractivity contribution in [3.05, 3.63) is 184 Å². The van der Waals surface area contributed by atoms with Crippen LogP contribution in [0.5, 0.6) is 0 Å². The third-order valence-electron chi connectivity index (χ3n) is 5.98. The normalized spacial score (nSPS) is 15.3. The molecule has 0 bridgehead atoms. The van der Waals surface area contributed by atoms with Gasteiger partial charge < -0.3 is 5.32 Å².